The summed E-state index contributed by atoms with van der Waals surface area (Å²) >= 11 is 1.39. The van der Waals surface area contributed by atoms with Gasteiger partial charge in [-0.15, -0.1) is 11.3 Å². The van der Waals surface area contributed by atoms with Gasteiger partial charge in [-0.25, -0.2) is 13.4 Å². The van der Waals surface area contributed by atoms with Gasteiger partial charge in [-0.05, 0) is 25.2 Å². The van der Waals surface area contributed by atoms with Crippen LogP contribution < -0.4 is 5.73 Å². The third-order valence-electron chi connectivity index (χ3n) is 4.16. The first-order chi connectivity index (χ1) is 9.07. The molecular weight excluding hydrogens is 284 g/mol. The average molecular weight is 298 g/mol. The number of thiazole rings is 1. The van der Waals surface area contributed by atoms with Crippen LogP contribution in [0.4, 0.5) is 5.82 Å². The van der Waals surface area contributed by atoms with E-state index in [0.717, 1.165) is 19.3 Å². The number of fused-ring (bicyclic) bond motifs is 3. The average Bonchev–Trinajstić information content (AvgIpc) is 3.05. The molecule has 8 heteroatoms. The van der Waals surface area contributed by atoms with Crippen molar-refractivity contribution in [2.45, 2.75) is 30.3 Å². The monoisotopic (exact) mass is 298 g/mol. The molecule has 19 heavy (non-hydrogen) atoms. The summed E-state index contributed by atoms with van der Waals surface area (Å²) in [5.74, 6) is 0.626. The molecule has 2 aromatic heterocycles. The summed E-state index contributed by atoms with van der Waals surface area (Å²) in [6.07, 6.45) is 4.82. The van der Waals surface area contributed by atoms with Crippen molar-refractivity contribution >= 4 is 32.1 Å². The molecular formula is C11H14N4O2S2. The summed E-state index contributed by atoms with van der Waals surface area (Å²) in [4.78, 5) is 4.75. The van der Waals surface area contributed by atoms with Crippen molar-refractivity contribution in [3.63, 3.8) is 0 Å². The predicted molar refractivity (Wildman–Crippen MR) is 72.5 cm³/mol. The third kappa shape index (κ3) is 1.50. The minimum absolute atomic E-state index is 0.106. The SMILES string of the molecule is Nc1nc2sccn2c1S(=O)(=O)N1CC2CCC1C2. The number of nitrogens with zero attached hydrogens (tertiary/aromatic N) is 3. The standard InChI is InChI=1S/C11H14N4O2S2/c12-9-10(14-3-4-18-11(14)13-9)19(16,17)15-6-7-1-2-8(15)5-7/h3-4,7-8H,1-2,5-6,12H2. The number of anilines is 1. The smallest absolute Gasteiger partial charge is 0.263 e. The fraction of sp³-hybridized carbons (Fsp3) is 0.545. The Balaban J connectivity index is 1.86. The fourth-order valence-corrected chi connectivity index (χ4v) is 6.02. The highest BCUT2D eigenvalue weighted by Crippen LogP contribution is 2.41. The van der Waals surface area contributed by atoms with Crippen molar-refractivity contribution in [2.75, 3.05) is 12.3 Å². The highest BCUT2D eigenvalue weighted by molar-refractivity contribution is 7.89. The van der Waals surface area contributed by atoms with E-state index < -0.39 is 10.0 Å². The van der Waals surface area contributed by atoms with Crippen LogP contribution in [-0.2, 0) is 10.0 Å². The molecule has 0 radical (unpaired) electrons. The van der Waals surface area contributed by atoms with Crippen LogP contribution in [-0.4, -0.2) is 34.7 Å². The molecule has 2 aliphatic rings. The second kappa shape index (κ2) is 3.71. The Hall–Kier alpha value is -1.12. The number of piperidine rings is 1. The molecule has 1 saturated carbocycles. The Bertz CT molecular complexity index is 748. The van der Waals surface area contributed by atoms with Crippen molar-refractivity contribution in [1.29, 1.82) is 0 Å². The third-order valence-corrected chi connectivity index (χ3v) is 6.87. The van der Waals surface area contributed by atoms with Gasteiger partial charge in [-0.1, -0.05) is 0 Å². The van der Waals surface area contributed by atoms with Gasteiger partial charge in [0.1, 0.15) is 0 Å². The summed E-state index contributed by atoms with van der Waals surface area (Å²) in [5.41, 5.74) is 5.82. The van der Waals surface area contributed by atoms with Gasteiger partial charge in [0.15, 0.2) is 15.8 Å². The van der Waals surface area contributed by atoms with E-state index in [9.17, 15) is 8.42 Å². The molecule has 1 saturated heterocycles. The first-order valence-electron chi connectivity index (χ1n) is 6.30. The molecule has 2 fully saturated rings. The van der Waals surface area contributed by atoms with Crippen molar-refractivity contribution in [3.8, 4) is 0 Å². The van der Waals surface area contributed by atoms with Gasteiger partial charge < -0.3 is 5.73 Å². The second-order valence-corrected chi connectivity index (χ2v) is 7.94. The lowest BCUT2D eigenvalue weighted by atomic mass is 10.1. The van der Waals surface area contributed by atoms with Gasteiger partial charge in [0.2, 0.25) is 0 Å². The van der Waals surface area contributed by atoms with E-state index in [-0.39, 0.29) is 16.9 Å². The van der Waals surface area contributed by atoms with E-state index in [1.807, 2.05) is 5.38 Å². The van der Waals surface area contributed by atoms with Gasteiger partial charge in [-0.3, -0.25) is 4.40 Å². The zero-order valence-corrected chi connectivity index (χ0v) is 11.8. The normalized spacial score (nSPS) is 27.6. The highest BCUT2D eigenvalue weighted by Gasteiger charge is 2.45. The summed E-state index contributed by atoms with van der Waals surface area (Å²) in [6.45, 7) is 0.629. The number of nitrogen functional groups attached to an aromatic ring is 1. The van der Waals surface area contributed by atoms with Crippen LogP contribution in [0.5, 0.6) is 0 Å². The van der Waals surface area contributed by atoms with Gasteiger partial charge in [0.05, 0.1) is 0 Å². The van der Waals surface area contributed by atoms with E-state index in [0.29, 0.717) is 17.4 Å². The molecule has 0 spiro atoms. The van der Waals surface area contributed by atoms with Crippen LogP contribution in [0.2, 0.25) is 0 Å². The van der Waals surface area contributed by atoms with E-state index in [2.05, 4.69) is 4.98 Å². The summed E-state index contributed by atoms with van der Waals surface area (Å²) in [7, 11) is -3.54. The summed E-state index contributed by atoms with van der Waals surface area (Å²) in [6, 6.07) is 0.151. The quantitative estimate of drug-likeness (QED) is 0.902. The minimum atomic E-state index is -3.54. The van der Waals surface area contributed by atoms with Crippen LogP contribution in [0, 0.1) is 5.92 Å². The van der Waals surface area contributed by atoms with E-state index in [1.165, 1.54) is 11.3 Å². The van der Waals surface area contributed by atoms with Crippen molar-refractivity contribution < 1.29 is 8.42 Å². The number of rotatable bonds is 2. The lowest BCUT2D eigenvalue weighted by molar-refractivity contribution is 0.332. The molecule has 1 aliphatic carbocycles. The lowest BCUT2D eigenvalue weighted by Gasteiger charge is -2.25. The van der Waals surface area contributed by atoms with Crippen LogP contribution in [0.25, 0.3) is 4.96 Å². The molecule has 0 aromatic carbocycles. The lowest BCUT2D eigenvalue weighted by Crippen LogP contribution is -2.38. The largest absolute Gasteiger partial charge is 0.381 e. The summed E-state index contributed by atoms with van der Waals surface area (Å²) < 4.78 is 28.8. The molecule has 2 unspecified atom stereocenters. The molecule has 2 aromatic rings. The molecule has 4 rings (SSSR count). The fourth-order valence-electron chi connectivity index (χ4n) is 3.32. The first-order valence-corrected chi connectivity index (χ1v) is 8.62. The molecule has 2 N–H and O–H groups in total. The van der Waals surface area contributed by atoms with Gasteiger partial charge in [-0.2, -0.15) is 4.31 Å². The van der Waals surface area contributed by atoms with Gasteiger partial charge in [0.25, 0.3) is 10.0 Å². The molecule has 2 atom stereocenters. The highest BCUT2D eigenvalue weighted by atomic mass is 32.2. The van der Waals surface area contributed by atoms with Crippen LogP contribution in [0.15, 0.2) is 16.6 Å². The second-order valence-electron chi connectivity index (χ2n) is 5.27. The maximum Gasteiger partial charge on any atom is 0.263 e. The Morgan fingerprint density at radius 1 is 1.42 bits per heavy atom. The molecule has 102 valence electrons. The minimum Gasteiger partial charge on any atom is -0.381 e. The molecule has 1 aliphatic heterocycles. The van der Waals surface area contributed by atoms with Crippen molar-refractivity contribution in [2.24, 2.45) is 5.92 Å². The zero-order chi connectivity index (χ0) is 13.2. The molecule has 3 heterocycles. The predicted octanol–water partition coefficient (Wildman–Crippen LogP) is 1.15. The Morgan fingerprint density at radius 2 is 2.26 bits per heavy atom. The number of nitrogens with two attached hydrogens (primary N) is 1. The van der Waals surface area contributed by atoms with Crippen molar-refractivity contribution in [1.82, 2.24) is 13.7 Å². The zero-order valence-electron chi connectivity index (χ0n) is 10.2. The maximum atomic E-state index is 12.8. The Labute approximate surface area is 114 Å². The number of imidazole rings is 1. The van der Waals surface area contributed by atoms with E-state index >= 15 is 0 Å². The van der Waals surface area contributed by atoms with E-state index in [4.69, 9.17) is 5.73 Å². The maximum absolute atomic E-state index is 12.8. The topological polar surface area (TPSA) is 80.7 Å². The number of aromatic nitrogens is 2. The number of hydrogen-bond donors (Lipinski definition) is 1. The molecule has 6 nitrogen and oxygen atoms in total. The summed E-state index contributed by atoms with van der Waals surface area (Å²) in [5, 5.41) is 1.95. The van der Waals surface area contributed by atoms with Gasteiger partial charge in [0, 0.05) is 24.2 Å². The molecule has 0 amide bonds. The Kier molecular flexibility index (Phi) is 2.28. The van der Waals surface area contributed by atoms with Crippen molar-refractivity contribution in [3.05, 3.63) is 11.6 Å². The first kappa shape index (κ1) is 11.7. The van der Waals surface area contributed by atoms with Crippen LogP contribution in [0.1, 0.15) is 19.3 Å². The van der Waals surface area contributed by atoms with E-state index in [1.54, 1.807) is 14.9 Å². The van der Waals surface area contributed by atoms with Crippen LogP contribution in [0.3, 0.4) is 0 Å². The number of hydrogen-bond acceptors (Lipinski definition) is 5. The Morgan fingerprint density at radius 3 is 2.95 bits per heavy atom. The molecule has 2 bridgehead atoms. The van der Waals surface area contributed by atoms with Crippen LogP contribution >= 0.6 is 11.3 Å². The number of sulfonamides is 1. The van der Waals surface area contributed by atoms with Gasteiger partial charge >= 0.3 is 0 Å².